The van der Waals surface area contributed by atoms with Crippen LogP contribution in [0.4, 0.5) is 5.82 Å². The molecule has 0 aliphatic carbocycles. The lowest BCUT2D eigenvalue weighted by molar-refractivity contribution is 0.327. The van der Waals surface area contributed by atoms with E-state index in [0.717, 1.165) is 18.8 Å². The van der Waals surface area contributed by atoms with E-state index in [1.54, 1.807) is 0 Å². The molecule has 0 amide bonds. The third-order valence-corrected chi connectivity index (χ3v) is 2.47. The van der Waals surface area contributed by atoms with Gasteiger partial charge in [0.25, 0.3) is 0 Å². The number of halogens is 1. The van der Waals surface area contributed by atoms with Crippen molar-refractivity contribution in [2.45, 2.75) is 25.6 Å². The molecule has 1 aromatic rings. The summed E-state index contributed by atoms with van der Waals surface area (Å²) in [6.07, 6.45) is 0.943. The van der Waals surface area contributed by atoms with Gasteiger partial charge in [0.2, 0.25) is 5.88 Å². The summed E-state index contributed by atoms with van der Waals surface area (Å²) in [7, 11) is 2.01. The normalized spacial score (nSPS) is 12.2. The first-order chi connectivity index (χ1) is 7.63. The standard InChI is InChI=1S/C12H19ClN2O/c1-4-16-12-7-5-6-11(14-12)15(3)9-8-10(2)13/h5-7,10H,4,8-9H2,1-3H3. The predicted molar refractivity (Wildman–Crippen MR) is 68.6 cm³/mol. The number of hydrogen-bond donors (Lipinski definition) is 0. The molecule has 16 heavy (non-hydrogen) atoms. The summed E-state index contributed by atoms with van der Waals surface area (Å²) in [5.41, 5.74) is 0. The highest BCUT2D eigenvalue weighted by atomic mass is 35.5. The number of aromatic nitrogens is 1. The molecular weight excluding hydrogens is 224 g/mol. The van der Waals surface area contributed by atoms with E-state index < -0.39 is 0 Å². The summed E-state index contributed by atoms with van der Waals surface area (Å²) in [4.78, 5) is 6.49. The van der Waals surface area contributed by atoms with Crippen LogP contribution >= 0.6 is 11.6 Å². The van der Waals surface area contributed by atoms with Crippen molar-refractivity contribution in [3.05, 3.63) is 18.2 Å². The van der Waals surface area contributed by atoms with Gasteiger partial charge in [-0.2, -0.15) is 4.98 Å². The Labute approximate surface area is 102 Å². The van der Waals surface area contributed by atoms with E-state index in [4.69, 9.17) is 16.3 Å². The van der Waals surface area contributed by atoms with Crippen molar-refractivity contribution in [2.75, 3.05) is 25.1 Å². The second-order valence-corrected chi connectivity index (χ2v) is 4.50. The van der Waals surface area contributed by atoms with Gasteiger partial charge in [-0.3, -0.25) is 0 Å². The zero-order valence-electron chi connectivity index (χ0n) is 10.1. The van der Waals surface area contributed by atoms with Gasteiger partial charge in [-0.1, -0.05) is 6.07 Å². The van der Waals surface area contributed by atoms with E-state index in [0.29, 0.717) is 12.5 Å². The maximum atomic E-state index is 5.92. The Balaban J connectivity index is 2.60. The van der Waals surface area contributed by atoms with E-state index in [9.17, 15) is 0 Å². The Hall–Kier alpha value is -0.960. The average Bonchev–Trinajstić information content (AvgIpc) is 2.26. The molecule has 1 rings (SSSR count). The van der Waals surface area contributed by atoms with Crippen LogP contribution in [0.1, 0.15) is 20.3 Å². The second-order valence-electron chi connectivity index (χ2n) is 3.76. The number of pyridine rings is 1. The van der Waals surface area contributed by atoms with Crippen molar-refractivity contribution in [3.63, 3.8) is 0 Å². The second kappa shape index (κ2) is 6.59. The minimum atomic E-state index is 0.192. The van der Waals surface area contributed by atoms with Crippen LogP contribution in [-0.4, -0.2) is 30.6 Å². The quantitative estimate of drug-likeness (QED) is 0.718. The summed E-state index contributed by atoms with van der Waals surface area (Å²) < 4.78 is 5.36. The number of rotatable bonds is 6. The van der Waals surface area contributed by atoms with Gasteiger partial charge in [0, 0.05) is 25.0 Å². The fourth-order valence-electron chi connectivity index (χ4n) is 1.33. The highest BCUT2D eigenvalue weighted by molar-refractivity contribution is 6.20. The number of hydrogen-bond acceptors (Lipinski definition) is 3. The molecule has 0 N–H and O–H groups in total. The van der Waals surface area contributed by atoms with Crippen molar-refractivity contribution < 1.29 is 4.74 Å². The highest BCUT2D eigenvalue weighted by Crippen LogP contribution is 2.15. The lowest BCUT2D eigenvalue weighted by Gasteiger charge is -2.19. The van der Waals surface area contributed by atoms with E-state index in [1.807, 2.05) is 39.1 Å². The summed E-state index contributed by atoms with van der Waals surface area (Å²) in [5, 5.41) is 0.192. The molecule has 0 aromatic carbocycles. The Bertz CT molecular complexity index is 318. The monoisotopic (exact) mass is 242 g/mol. The van der Waals surface area contributed by atoms with Crippen LogP contribution in [0.3, 0.4) is 0 Å². The molecule has 0 aliphatic heterocycles. The van der Waals surface area contributed by atoms with Crippen LogP contribution in [-0.2, 0) is 0 Å². The average molecular weight is 243 g/mol. The first kappa shape index (κ1) is 13.1. The number of ether oxygens (including phenoxy) is 1. The van der Waals surface area contributed by atoms with E-state index >= 15 is 0 Å². The predicted octanol–water partition coefficient (Wildman–Crippen LogP) is 2.93. The van der Waals surface area contributed by atoms with Gasteiger partial charge in [0.15, 0.2) is 0 Å². The molecule has 1 heterocycles. The molecule has 0 bridgehead atoms. The summed E-state index contributed by atoms with van der Waals surface area (Å²) >= 11 is 5.92. The largest absolute Gasteiger partial charge is 0.478 e. The lowest BCUT2D eigenvalue weighted by Crippen LogP contribution is -2.21. The lowest BCUT2D eigenvalue weighted by atomic mass is 10.3. The van der Waals surface area contributed by atoms with Crippen LogP contribution in [0.5, 0.6) is 5.88 Å². The summed E-state index contributed by atoms with van der Waals surface area (Å²) in [5.74, 6) is 1.59. The molecule has 90 valence electrons. The molecule has 3 nitrogen and oxygen atoms in total. The molecule has 0 aliphatic rings. The van der Waals surface area contributed by atoms with Crippen molar-refractivity contribution in [1.82, 2.24) is 4.98 Å². The summed E-state index contributed by atoms with van der Waals surface area (Å²) in [6, 6.07) is 5.79. The van der Waals surface area contributed by atoms with E-state index in [1.165, 1.54) is 0 Å². The maximum absolute atomic E-state index is 5.92. The third-order valence-electron chi connectivity index (χ3n) is 2.25. The topological polar surface area (TPSA) is 25.4 Å². The smallest absolute Gasteiger partial charge is 0.215 e. The molecule has 1 aromatic heterocycles. The minimum absolute atomic E-state index is 0.192. The maximum Gasteiger partial charge on any atom is 0.215 e. The molecule has 0 fully saturated rings. The molecule has 4 heteroatoms. The Morgan fingerprint density at radius 3 is 2.88 bits per heavy atom. The van der Waals surface area contributed by atoms with Crippen LogP contribution in [0, 0.1) is 0 Å². The molecule has 0 saturated heterocycles. The van der Waals surface area contributed by atoms with Gasteiger partial charge in [0.1, 0.15) is 5.82 Å². The van der Waals surface area contributed by atoms with Crippen LogP contribution in [0.25, 0.3) is 0 Å². The van der Waals surface area contributed by atoms with Crippen molar-refractivity contribution in [1.29, 1.82) is 0 Å². The van der Waals surface area contributed by atoms with Gasteiger partial charge >= 0.3 is 0 Å². The molecule has 0 saturated carbocycles. The van der Waals surface area contributed by atoms with Gasteiger partial charge in [-0.25, -0.2) is 0 Å². The Morgan fingerprint density at radius 1 is 1.50 bits per heavy atom. The molecular formula is C12H19ClN2O. The van der Waals surface area contributed by atoms with Gasteiger partial charge in [-0.05, 0) is 26.3 Å². The first-order valence-corrected chi connectivity index (χ1v) is 6.02. The third kappa shape index (κ3) is 4.27. The molecule has 0 spiro atoms. The molecule has 0 radical (unpaired) electrons. The highest BCUT2D eigenvalue weighted by Gasteiger charge is 2.05. The van der Waals surface area contributed by atoms with E-state index in [-0.39, 0.29) is 5.38 Å². The Morgan fingerprint density at radius 2 is 2.25 bits per heavy atom. The zero-order valence-corrected chi connectivity index (χ0v) is 10.9. The van der Waals surface area contributed by atoms with Gasteiger partial charge in [0.05, 0.1) is 6.61 Å². The van der Waals surface area contributed by atoms with Crippen LogP contribution < -0.4 is 9.64 Å². The number of nitrogens with zero attached hydrogens (tertiary/aromatic N) is 2. The Kier molecular flexibility index (Phi) is 5.39. The number of alkyl halides is 1. The number of anilines is 1. The van der Waals surface area contributed by atoms with Gasteiger partial charge < -0.3 is 9.64 Å². The zero-order chi connectivity index (χ0) is 12.0. The minimum Gasteiger partial charge on any atom is -0.478 e. The van der Waals surface area contributed by atoms with Crippen molar-refractivity contribution in [3.8, 4) is 5.88 Å². The van der Waals surface area contributed by atoms with E-state index in [2.05, 4.69) is 9.88 Å². The van der Waals surface area contributed by atoms with Crippen LogP contribution in [0.15, 0.2) is 18.2 Å². The first-order valence-electron chi connectivity index (χ1n) is 5.58. The van der Waals surface area contributed by atoms with Gasteiger partial charge in [-0.15, -0.1) is 11.6 Å². The molecule has 1 atom stereocenters. The fraction of sp³-hybridized carbons (Fsp3) is 0.583. The fourth-order valence-corrected chi connectivity index (χ4v) is 1.43. The SMILES string of the molecule is CCOc1cccc(N(C)CCC(C)Cl)n1. The van der Waals surface area contributed by atoms with Crippen LogP contribution in [0.2, 0.25) is 0 Å². The molecule has 1 unspecified atom stereocenters. The van der Waals surface area contributed by atoms with Crippen molar-refractivity contribution in [2.24, 2.45) is 0 Å². The summed E-state index contributed by atoms with van der Waals surface area (Å²) in [6.45, 7) is 5.48. The van der Waals surface area contributed by atoms with Crippen molar-refractivity contribution >= 4 is 17.4 Å².